The number of allylic oxidation sites excluding steroid dienone is 1. The summed E-state index contributed by atoms with van der Waals surface area (Å²) in [4.78, 5) is 11.9. The van der Waals surface area contributed by atoms with Crippen LogP contribution in [0.25, 0.3) is 6.08 Å². The van der Waals surface area contributed by atoms with Gasteiger partial charge in [0.15, 0.2) is 5.78 Å². The molecule has 0 heterocycles. The Bertz CT molecular complexity index is 628. The van der Waals surface area contributed by atoms with Crippen molar-refractivity contribution in [3.8, 4) is 5.75 Å². The van der Waals surface area contributed by atoms with E-state index in [4.69, 9.17) is 0 Å². The van der Waals surface area contributed by atoms with Crippen molar-refractivity contribution >= 4 is 11.9 Å². The number of hydrogen-bond donors (Lipinski definition) is 1. The molecule has 2 rings (SSSR count). The molecule has 0 saturated heterocycles. The molecule has 0 amide bonds. The summed E-state index contributed by atoms with van der Waals surface area (Å²) in [5.74, 6) is -0.643. The highest BCUT2D eigenvalue weighted by Gasteiger charge is 2.07. The van der Waals surface area contributed by atoms with Crippen LogP contribution in [0.15, 0.2) is 48.5 Å². The topological polar surface area (TPSA) is 37.3 Å². The number of ketones is 1. The summed E-state index contributed by atoms with van der Waals surface area (Å²) < 4.78 is 12.7. The summed E-state index contributed by atoms with van der Waals surface area (Å²) in [6.07, 6.45) is 2.94. The van der Waals surface area contributed by atoms with E-state index < -0.39 is 0 Å². The van der Waals surface area contributed by atoms with Gasteiger partial charge in [0, 0.05) is 0 Å². The van der Waals surface area contributed by atoms with Crippen molar-refractivity contribution in [3.05, 3.63) is 71.0 Å². The maximum absolute atomic E-state index is 12.7. The van der Waals surface area contributed by atoms with Gasteiger partial charge in [0.2, 0.25) is 0 Å². The van der Waals surface area contributed by atoms with E-state index in [0.29, 0.717) is 0 Å². The Morgan fingerprint density at radius 2 is 1.84 bits per heavy atom. The Hall–Kier alpha value is -2.42. The van der Waals surface area contributed by atoms with Gasteiger partial charge in [-0.25, -0.2) is 4.39 Å². The first-order valence-corrected chi connectivity index (χ1v) is 5.84. The second-order valence-electron chi connectivity index (χ2n) is 4.27. The Kier molecular flexibility index (Phi) is 3.76. The monoisotopic (exact) mass is 256 g/mol. The molecule has 0 aliphatic rings. The first-order valence-electron chi connectivity index (χ1n) is 5.84. The molecule has 0 atom stereocenters. The molecule has 1 N–H and O–H groups in total. The number of aromatic hydroxyl groups is 1. The Balaban J connectivity index is 2.18. The van der Waals surface area contributed by atoms with Crippen LogP contribution in [-0.4, -0.2) is 10.9 Å². The molecule has 0 saturated carbocycles. The van der Waals surface area contributed by atoms with E-state index in [9.17, 15) is 14.3 Å². The third-order valence-corrected chi connectivity index (χ3v) is 2.72. The van der Waals surface area contributed by atoms with E-state index in [2.05, 4.69) is 0 Å². The summed E-state index contributed by atoms with van der Waals surface area (Å²) in [7, 11) is 0. The van der Waals surface area contributed by atoms with Gasteiger partial charge in [-0.3, -0.25) is 4.79 Å². The van der Waals surface area contributed by atoms with Crippen LogP contribution >= 0.6 is 0 Å². The van der Waals surface area contributed by atoms with Gasteiger partial charge < -0.3 is 5.11 Å². The number of rotatable bonds is 3. The average Bonchev–Trinajstić information content (AvgIpc) is 2.37. The maximum atomic E-state index is 12.7. The fraction of sp³-hybridized carbons (Fsp3) is 0.0625. The summed E-state index contributed by atoms with van der Waals surface area (Å²) in [6.45, 7) is 1.84. The van der Waals surface area contributed by atoms with Crippen molar-refractivity contribution in [1.29, 1.82) is 0 Å². The van der Waals surface area contributed by atoms with Gasteiger partial charge >= 0.3 is 0 Å². The zero-order valence-electron chi connectivity index (χ0n) is 10.4. The number of carbonyl (C=O) groups excluding carboxylic acids is 1. The fourth-order valence-electron chi connectivity index (χ4n) is 1.69. The number of phenolic OH excluding ortho intramolecular Hbond substituents is 1. The SMILES string of the molecule is Cc1ccc(C(=O)C=Cc2ccc(F)cc2)c(O)c1. The van der Waals surface area contributed by atoms with Gasteiger partial charge in [-0.05, 0) is 48.4 Å². The minimum atomic E-state index is -0.320. The van der Waals surface area contributed by atoms with Crippen molar-refractivity contribution in [2.24, 2.45) is 0 Å². The van der Waals surface area contributed by atoms with E-state index in [1.807, 2.05) is 6.92 Å². The zero-order chi connectivity index (χ0) is 13.8. The van der Waals surface area contributed by atoms with Crippen molar-refractivity contribution in [2.75, 3.05) is 0 Å². The van der Waals surface area contributed by atoms with Gasteiger partial charge in [-0.2, -0.15) is 0 Å². The third-order valence-electron chi connectivity index (χ3n) is 2.72. The number of hydrogen-bond acceptors (Lipinski definition) is 2. The Labute approximate surface area is 110 Å². The van der Waals surface area contributed by atoms with Crippen LogP contribution in [0.3, 0.4) is 0 Å². The first kappa shape index (κ1) is 13.0. The molecule has 0 aliphatic heterocycles. The smallest absolute Gasteiger partial charge is 0.189 e. The highest BCUT2D eigenvalue weighted by atomic mass is 19.1. The number of benzene rings is 2. The highest BCUT2D eigenvalue weighted by molar-refractivity contribution is 6.08. The number of aryl methyl sites for hydroxylation is 1. The molecular weight excluding hydrogens is 243 g/mol. The summed E-state index contributed by atoms with van der Waals surface area (Å²) in [6, 6.07) is 10.7. The Morgan fingerprint density at radius 3 is 2.47 bits per heavy atom. The van der Waals surface area contributed by atoms with Gasteiger partial charge in [-0.15, -0.1) is 0 Å². The standard InChI is InChI=1S/C16H13FO2/c1-11-2-8-14(16(19)10-11)15(18)9-5-12-3-6-13(17)7-4-12/h2-10,19H,1H3. The van der Waals surface area contributed by atoms with Gasteiger partial charge in [0.25, 0.3) is 0 Å². The minimum Gasteiger partial charge on any atom is -0.507 e. The number of phenols is 1. The molecule has 0 unspecified atom stereocenters. The van der Waals surface area contributed by atoms with Gasteiger partial charge in [0.1, 0.15) is 11.6 Å². The molecule has 0 spiro atoms. The molecule has 96 valence electrons. The summed E-state index contributed by atoms with van der Waals surface area (Å²) in [5, 5.41) is 9.69. The molecule has 0 aliphatic carbocycles. The largest absolute Gasteiger partial charge is 0.507 e. The third kappa shape index (κ3) is 3.28. The summed E-state index contributed by atoms with van der Waals surface area (Å²) >= 11 is 0. The lowest BCUT2D eigenvalue weighted by atomic mass is 10.1. The van der Waals surface area contributed by atoms with E-state index >= 15 is 0 Å². The van der Waals surface area contributed by atoms with E-state index in [0.717, 1.165) is 11.1 Å². The molecule has 0 fully saturated rings. The average molecular weight is 256 g/mol. The van der Waals surface area contributed by atoms with Crippen LogP contribution in [0.1, 0.15) is 21.5 Å². The maximum Gasteiger partial charge on any atom is 0.189 e. The lowest BCUT2D eigenvalue weighted by molar-refractivity contribution is 0.104. The van der Waals surface area contributed by atoms with Gasteiger partial charge in [-0.1, -0.05) is 24.3 Å². The van der Waals surface area contributed by atoms with E-state index in [1.54, 1.807) is 36.4 Å². The molecule has 2 aromatic rings. The van der Waals surface area contributed by atoms with Crippen LogP contribution in [-0.2, 0) is 0 Å². The second-order valence-corrected chi connectivity index (χ2v) is 4.27. The normalized spacial score (nSPS) is 10.8. The van der Waals surface area contributed by atoms with Gasteiger partial charge in [0.05, 0.1) is 5.56 Å². The van der Waals surface area contributed by atoms with Crippen LogP contribution < -0.4 is 0 Å². The van der Waals surface area contributed by atoms with Crippen LogP contribution in [0.4, 0.5) is 4.39 Å². The molecule has 19 heavy (non-hydrogen) atoms. The molecule has 2 aromatic carbocycles. The second kappa shape index (κ2) is 5.48. The van der Waals surface area contributed by atoms with Crippen molar-refractivity contribution in [2.45, 2.75) is 6.92 Å². The van der Waals surface area contributed by atoms with Crippen LogP contribution in [0.2, 0.25) is 0 Å². The van der Waals surface area contributed by atoms with Crippen molar-refractivity contribution in [3.63, 3.8) is 0 Å². The lowest BCUT2D eigenvalue weighted by Crippen LogP contribution is -1.95. The quantitative estimate of drug-likeness (QED) is 0.671. The fourth-order valence-corrected chi connectivity index (χ4v) is 1.69. The van der Waals surface area contributed by atoms with Crippen molar-refractivity contribution < 1.29 is 14.3 Å². The van der Waals surface area contributed by atoms with E-state index in [-0.39, 0.29) is 22.9 Å². The number of halogens is 1. The Morgan fingerprint density at radius 1 is 1.16 bits per heavy atom. The highest BCUT2D eigenvalue weighted by Crippen LogP contribution is 2.19. The van der Waals surface area contributed by atoms with Crippen LogP contribution in [0, 0.1) is 12.7 Å². The molecule has 0 radical (unpaired) electrons. The lowest BCUT2D eigenvalue weighted by Gasteiger charge is -2.01. The molecular formula is C16H13FO2. The van der Waals surface area contributed by atoms with E-state index in [1.165, 1.54) is 18.2 Å². The summed E-state index contributed by atoms with van der Waals surface area (Å²) in [5.41, 5.74) is 1.86. The van der Waals surface area contributed by atoms with Crippen molar-refractivity contribution in [1.82, 2.24) is 0 Å². The minimum absolute atomic E-state index is 0.0336. The molecule has 3 heteroatoms. The predicted molar refractivity (Wildman–Crippen MR) is 72.6 cm³/mol. The molecule has 0 aromatic heterocycles. The zero-order valence-corrected chi connectivity index (χ0v) is 10.4. The predicted octanol–water partition coefficient (Wildman–Crippen LogP) is 3.74. The first-order chi connectivity index (χ1) is 9.06. The molecule has 2 nitrogen and oxygen atoms in total. The van der Waals surface area contributed by atoms with Crippen LogP contribution in [0.5, 0.6) is 5.75 Å². The number of carbonyl (C=O) groups is 1. The molecule has 0 bridgehead atoms.